The molecular weight excluding hydrogens is 630 g/mol. The third kappa shape index (κ3) is 4.35. The topological polar surface area (TPSA) is 26.1 Å². The summed E-state index contributed by atoms with van der Waals surface area (Å²) in [6.45, 7) is -0.0528. The highest BCUT2D eigenvalue weighted by Gasteiger charge is 2.45. The van der Waals surface area contributed by atoms with E-state index in [9.17, 15) is 0 Å². The van der Waals surface area contributed by atoms with Crippen molar-refractivity contribution < 1.29 is 4.42 Å². The molecule has 8 aromatic rings. The highest BCUT2D eigenvalue weighted by molar-refractivity contribution is 7.25. The van der Waals surface area contributed by atoms with Gasteiger partial charge in [-0.2, -0.15) is 0 Å². The van der Waals surface area contributed by atoms with Crippen molar-refractivity contribution in [3.63, 3.8) is 0 Å². The number of anilines is 6. The molecule has 0 unspecified atom stereocenters. The molecule has 0 aliphatic carbocycles. The molecule has 0 atom stereocenters. The predicted molar refractivity (Wildman–Crippen MR) is 215 cm³/mol. The fourth-order valence-corrected chi connectivity index (χ4v) is 9.19. The van der Waals surface area contributed by atoms with E-state index in [4.69, 9.17) is 4.42 Å². The van der Waals surface area contributed by atoms with Gasteiger partial charge >= 0.3 is 14.0 Å². The standard InChI is InChI=1S/C42H32B2N4OS/c1-45-41-39(35-23-9-11-25-37(35)49-41)47(33-19-5-3-6-20-33)43(45)31-17-13-15-29(27-31)30-16-14-18-32(28-30)44-46(2)42-40(36-24-10-12-26-38(36)50-42)48(44)34-21-7-4-8-22-34/h3-28H,1-2H3. The van der Waals surface area contributed by atoms with Gasteiger partial charge in [0.05, 0.1) is 5.69 Å². The minimum Gasteiger partial charge on any atom is -0.439 e. The molecule has 238 valence electrons. The normalized spacial score (nSPS) is 14.0. The summed E-state index contributed by atoms with van der Waals surface area (Å²) in [7, 11) is 4.37. The minimum absolute atomic E-state index is 0.0188. The molecule has 10 rings (SSSR count). The van der Waals surface area contributed by atoms with Crippen LogP contribution in [0.1, 0.15) is 0 Å². The number of furan rings is 1. The number of rotatable bonds is 5. The Kier molecular flexibility index (Phi) is 6.61. The lowest BCUT2D eigenvalue weighted by molar-refractivity contribution is 0.624. The quantitative estimate of drug-likeness (QED) is 0.171. The van der Waals surface area contributed by atoms with Gasteiger partial charge in [-0.1, -0.05) is 115 Å². The van der Waals surface area contributed by atoms with Crippen molar-refractivity contribution >= 4 is 90.9 Å². The second-order valence-electron chi connectivity index (χ2n) is 13.1. The van der Waals surface area contributed by atoms with E-state index >= 15 is 0 Å². The summed E-state index contributed by atoms with van der Waals surface area (Å²) in [6.07, 6.45) is 0. The molecule has 2 aromatic heterocycles. The van der Waals surface area contributed by atoms with Crippen LogP contribution in [0.4, 0.5) is 33.6 Å². The van der Waals surface area contributed by atoms with Crippen LogP contribution in [-0.2, 0) is 0 Å². The van der Waals surface area contributed by atoms with Crippen LogP contribution in [0.3, 0.4) is 0 Å². The highest BCUT2D eigenvalue weighted by Crippen LogP contribution is 2.52. The zero-order chi connectivity index (χ0) is 33.3. The molecule has 0 amide bonds. The first-order valence-electron chi connectivity index (χ1n) is 17.0. The molecule has 2 aliphatic rings. The Balaban J connectivity index is 1.06. The van der Waals surface area contributed by atoms with E-state index in [0.29, 0.717) is 0 Å². The average Bonchev–Trinajstić information content (AvgIpc) is 3.90. The van der Waals surface area contributed by atoms with Crippen molar-refractivity contribution in [1.82, 2.24) is 0 Å². The molecule has 2 aliphatic heterocycles. The molecular formula is C42H32B2N4OS. The highest BCUT2D eigenvalue weighted by atomic mass is 32.1. The van der Waals surface area contributed by atoms with Gasteiger partial charge in [0.2, 0.25) is 5.88 Å². The van der Waals surface area contributed by atoms with Crippen molar-refractivity contribution in [2.24, 2.45) is 0 Å². The summed E-state index contributed by atoms with van der Waals surface area (Å²) in [5.41, 5.74) is 10.4. The molecule has 50 heavy (non-hydrogen) atoms. The van der Waals surface area contributed by atoms with Crippen molar-refractivity contribution in [2.45, 2.75) is 0 Å². The Morgan fingerprint density at radius 2 is 1.04 bits per heavy atom. The number of nitrogens with zero attached hydrogens (tertiary/aromatic N) is 4. The van der Waals surface area contributed by atoms with E-state index in [-0.39, 0.29) is 14.0 Å². The smallest absolute Gasteiger partial charge is 0.418 e. The maximum absolute atomic E-state index is 6.49. The lowest BCUT2D eigenvalue weighted by atomic mass is 9.63. The van der Waals surface area contributed by atoms with Crippen LogP contribution in [-0.4, -0.2) is 28.1 Å². The fraction of sp³-hybridized carbons (Fsp3) is 0.0476. The molecule has 0 fully saturated rings. The van der Waals surface area contributed by atoms with Crippen molar-refractivity contribution in [2.75, 3.05) is 33.3 Å². The molecule has 0 spiro atoms. The van der Waals surface area contributed by atoms with E-state index in [2.05, 4.69) is 185 Å². The first kappa shape index (κ1) is 29.1. The first-order chi connectivity index (χ1) is 24.7. The maximum atomic E-state index is 6.49. The minimum atomic E-state index is -0.0716. The number of thiophene rings is 1. The van der Waals surface area contributed by atoms with E-state index in [1.807, 2.05) is 17.4 Å². The fourth-order valence-electron chi connectivity index (χ4n) is 8.02. The summed E-state index contributed by atoms with van der Waals surface area (Å²) in [6, 6.07) is 56.7. The van der Waals surface area contributed by atoms with Gasteiger partial charge in [-0.15, -0.1) is 11.3 Å². The molecule has 5 nitrogen and oxygen atoms in total. The lowest BCUT2D eigenvalue weighted by Crippen LogP contribution is -2.53. The van der Waals surface area contributed by atoms with Gasteiger partial charge in [-0.3, -0.25) is 0 Å². The van der Waals surface area contributed by atoms with Crippen LogP contribution in [0.5, 0.6) is 0 Å². The Morgan fingerprint density at radius 3 is 1.70 bits per heavy atom. The second-order valence-corrected chi connectivity index (χ2v) is 14.2. The van der Waals surface area contributed by atoms with Crippen LogP contribution in [0, 0.1) is 0 Å². The molecule has 4 heterocycles. The van der Waals surface area contributed by atoms with Gasteiger partial charge in [0.1, 0.15) is 16.3 Å². The molecule has 0 saturated heterocycles. The van der Waals surface area contributed by atoms with Gasteiger partial charge in [0.15, 0.2) is 0 Å². The van der Waals surface area contributed by atoms with Crippen LogP contribution in [0.25, 0.3) is 32.2 Å². The SMILES string of the molecule is CN1B(c2cccc(-c3cccc(B4N(C)c5sc6ccccc6c5N4c4ccccc4)c3)c2)N(c2ccccc2)c2c1oc1ccccc21. The Morgan fingerprint density at radius 1 is 0.500 bits per heavy atom. The summed E-state index contributed by atoms with van der Waals surface area (Å²) in [4.78, 5) is 9.65. The number of benzene rings is 6. The van der Waals surface area contributed by atoms with E-state index in [1.54, 1.807) is 0 Å². The second kappa shape index (κ2) is 11.4. The van der Waals surface area contributed by atoms with Crippen LogP contribution in [0.2, 0.25) is 0 Å². The molecule has 0 saturated carbocycles. The number of hydrogen-bond acceptors (Lipinski definition) is 6. The van der Waals surface area contributed by atoms with Gasteiger partial charge in [-0.25, -0.2) is 0 Å². The zero-order valence-corrected chi connectivity index (χ0v) is 28.6. The molecule has 0 radical (unpaired) electrons. The Labute approximate surface area is 296 Å². The van der Waals surface area contributed by atoms with Crippen LogP contribution < -0.4 is 30.2 Å². The van der Waals surface area contributed by atoms with Crippen molar-refractivity contribution in [3.05, 3.63) is 158 Å². The summed E-state index contributed by atoms with van der Waals surface area (Å²) < 4.78 is 7.80. The lowest BCUT2D eigenvalue weighted by Gasteiger charge is -2.29. The molecule has 0 N–H and O–H groups in total. The average molecular weight is 662 g/mol. The monoisotopic (exact) mass is 662 g/mol. The van der Waals surface area contributed by atoms with Gasteiger partial charge in [-0.05, 0) is 78.6 Å². The first-order valence-corrected chi connectivity index (χ1v) is 17.8. The third-order valence-corrected chi connectivity index (χ3v) is 11.5. The summed E-state index contributed by atoms with van der Waals surface area (Å²) >= 11 is 1.87. The zero-order valence-electron chi connectivity index (χ0n) is 27.8. The summed E-state index contributed by atoms with van der Waals surface area (Å²) in [5, 5.41) is 3.71. The van der Waals surface area contributed by atoms with Gasteiger partial charge in [0, 0.05) is 26.8 Å². The van der Waals surface area contributed by atoms with E-state index < -0.39 is 0 Å². The summed E-state index contributed by atoms with van der Waals surface area (Å²) in [5.74, 6) is 0.887. The van der Waals surface area contributed by atoms with Gasteiger partial charge < -0.3 is 23.7 Å². The molecule has 8 heteroatoms. The number of fused-ring (bicyclic) bond motifs is 6. The largest absolute Gasteiger partial charge is 0.439 e. The number of para-hydroxylation sites is 3. The van der Waals surface area contributed by atoms with E-state index in [0.717, 1.165) is 28.2 Å². The molecule has 0 bridgehead atoms. The maximum Gasteiger partial charge on any atom is 0.418 e. The van der Waals surface area contributed by atoms with Gasteiger partial charge in [0.25, 0.3) is 0 Å². The van der Waals surface area contributed by atoms with Crippen molar-refractivity contribution in [3.8, 4) is 11.1 Å². The number of hydrogen-bond donors (Lipinski definition) is 0. The van der Waals surface area contributed by atoms with Crippen LogP contribution in [0.15, 0.2) is 162 Å². The van der Waals surface area contributed by atoms with Crippen LogP contribution >= 0.6 is 11.3 Å². The van der Waals surface area contributed by atoms with E-state index in [1.165, 1.54) is 48.5 Å². The predicted octanol–water partition coefficient (Wildman–Crippen LogP) is 9.28. The molecule has 6 aromatic carbocycles. The third-order valence-electron chi connectivity index (χ3n) is 10.2. The Bertz CT molecular complexity index is 2360. The van der Waals surface area contributed by atoms with Crippen molar-refractivity contribution in [1.29, 1.82) is 0 Å². The Hall–Kier alpha value is -5.85.